The van der Waals surface area contributed by atoms with Crippen LogP contribution in [0.25, 0.3) is 54.5 Å². The van der Waals surface area contributed by atoms with Crippen LogP contribution in [0.1, 0.15) is 43.7 Å². The predicted molar refractivity (Wildman–Crippen MR) is 211 cm³/mol. The van der Waals surface area contributed by atoms with E-state index in [0.29, 0.717) is 0 Å². The number of fused-ring (bicyclic) bond motifs is 3. The van der Waals surface area contributed by atoms with E-state index in [1.165, 1.54) is 43.1 Å². The molecule has 0 bridgehead atoms. The van der Waals surface area contributed by atoms with Crippen LogP contribution in [0.2, 0.25) is 0 Å². The molecular formula is C45H34N4S2. The van der Waals surface area contributed by atoms with Crippen molar-refractivity contribution in [3.05, 3.63) is 177 Å². The molecule has 0 N–H and O–H groups in total. The largest absolute Gasteiger partial charge is 0.256 e. The van der Waals surface area contributed by atoms with Gasteiger partial charge in [0.25, 0.3) is 0 Å². The monoisotopic (exact) mass is 694 g/mol. The Labute approximate surface area is 306 Å². The Morgan fingerprint density at radius 3 is 1.22 bits per heavy atom. The molecule has 0 atom stereocenters. The first kappa shape index (κ1) is 31.4. The Bertz CT molecular complexity index is 2370. The summed E-state index contributed by atoms with van der Waals surface area (Å²) >= 11 is 3.43. The summed E-state index contributed by atoms with van der Waals surface area (Å²) in [7, 11) is 0. The van der Waals surface area contributed by atoms with Gasteiger partial charge >= 0.3 is 0 Å². The Morgan fingerprint density at radius 2 is 0.863 bits per heavy atom. The molecule has 4 nitrogen and oxygen atoms in total. The zero-order chi connectivity index (χ0) is 34.7. The van der Waals surface area contributed by atoms with Gasteiger partial charge in [0.15, 0.2) is 0 Å². The first-order valence-corrected chi connectivity index (χ1v) is 18.8. The van der Waals surface area contributed by atoms with Crippen LogP contribution in [-0.2, 0) is 5.41 Å². The van der Waals surface area contributed by atoms with Crippen LogP contribution >= 0.6 is 22.7 Å². The first-order chi connectivity index (χ1) is 24.9. The Hall–Kier alpha value is -5.56. The molecule has 0 fully saturated rings. The molecule has 0 aliphatic heterocycles. The summed E-state index contributed by atoms with van der Waals surface area (Å²) in [5, 5.41) is 2.14. The SMILES string of the molecule is Cc1nc(C)c(-c2ccc(-c3ccc4c(c3)C(c3ccccc3)(c3ccccc3)c3cc(-c5ccc(-c6sc(C)nc6C)cn5)ccc3-4)nc2)s1. The van der Waals surface area contributed by atoms with Gasteiger partial charge in [-0.3, -0.25) is 9.97 Å². The average molecular weight is 695 g/mol. The number of thiazole rings is 2. The van der Waals surface area contributed by atoms with Crippen molar-refractivity contribution in [1.29, 1.82) is 0 Å². The van der Waals surface area contributed by atoms with E-state index in [2.05, 4.69) is 159 Å². The molecule has 6 heteroatoms. The second-order valence-electron chi connectivity index (χ2n) is 13.2. The number of pyridine rings is 2. The Kier molecular flexibility index (Phi) is 7.60. The van der Waals surface area contributed by atoms with Gasteiger partial charge in [-0.25, -0.2) is 9.97 Å². The highest BCUT2D eigenvalue weighted by Crippen LogP contribution is 2.57. The summed E-state index contributed by atoms with van der Waals surface area (Å²) in [4.78, 5) is 21.6. The van der Waals surface area contributed by atoms with Crippen molar-refractivity contribution in [3.8, 4) is 54.5 Å². The third-order valence-electron chi connectivity index (χ3n) is 10.0. The minimum atomic E-state index is -0.548. The zero-order valence-corrected chi connectivity index (χ0v) is 30.4. The van der Waals surface area contributed by atoms with Gasteiger partial charge in [0.05, 0.1) is 48.0 Å². The van der Waals surface area contributed by atoms with Gasteiger partial charge in [0.1, 0.15) is 0 Å². The maximum atomic E-state index is 5.00. The fourth-order valence-electron chi connectivity index (χ4n) is 7.80. The molecule has 1 aliphatic rings. The molecule has 246 valence electrons. The molecule has 0 radical (unpaired) electrons. The lowest BCUT2D eigenvalue weighted by Crippen LogP contribution is -2.28. The maximum absolute atomic E-state index is 5.00. The summed E-state index contributed by atoms with van der Waals surface area (Å²) < 4.78 is 0. The van der Waals surface area contributed by atoms with Crippen molar-refractivity contribution < 1.29 is 0 Å². The number of benzene rings is 4. The number of nitrogens with zero attached hydrogens (tertiary/aromatic N) is 4. The van der Waals surface area contributed by atoms with Gasteiger partial charge in [-0.1, -0.05) is 84.9 Å². The van der Waals surface area contributed by atoms with Crippen LogP contribution in [0.4, 0.5) is 0 Å². The fraction of sp³-hybridized carbons (Fsp3) is 0.111. The van der Waals surface area contributed by atoms with Crippen LogP contribution in [-0.4, -0.2) is 19.9 Å². The van der Waals surface area contributed by atoms with Crippen molar-refractivity contribution in [1.82, 2.24) is 19.9 Å². The summed E-state index contributed by atoms with van der Waals surface area (Å²) in [6.07, 6.45) is 3.97. The van der Waals surface area contributed by atoms with E-state index in [1.54, 1.807) is 22.7 Å². The lowest BCUT2D eigenvalue weighted by Gasteiger charge is -2.34. The standard InChI is InChI=1S/C45H34N4S2/c1-27-43(50-29(3)48-27)33-17-21-41(46-25-33)31-15-19-37-38-20-16-32(42-22-18-34(26-47-42)44-28(2)49-30(4)51-44)24-40(38)45(39(37)23-31,35-11-7-5-8-12-35)36-13-9-6-10-14-36/h5-26H,1-4H3. The van der Waals surface area contributed by atoms with Gasteiger partial charge in [-0.2, -0.15) is 0 Å². The fourth-order valence-corrected chi connectivity index (χ4v) is 9.62. The second kappa shape index (κ2) is 12.3. The molecule has 0 saturated carbocycles. The van der Waals surface area contributed by atoms with Crippen LogP contribution in [0.3, 0.4) is 0 Å². The number of rotatable bonds is 6. The number of aryl methyl sites for hydroxylation is 4. The summed E-state index contributed by atoms with van der Waals surface area (Å²) in [6, 6.07) is 44.2. The highest BCUT2D eigenvalue weighted by atomic mass is 32.1. The van der Waals surface area contributed by atoms with E-state index in [-0.39, 0.29) is 0 Å². The molecule has 8 aromatic rings. The molecule has 51 heavy (non-hydrogen) atoms. The minimum Gasteiger partial charge on any atom is -0.256 e. The topological polar surface area (TPSA) is 51.6 Å². The number of aromatic nitrogens is 4. The highest BCUT2D eigenvalue weighted by molar-refractivity contribution is 7.15. The molecule has 4 aromatic carbocycles. The summed E-state index contributed by atoms with van der Waals surface area (Å²) in [5.74, 6) is 0. The van der Waals surface area contributed by atoms with E-state index in [4.69, 9.17) is 9.97 Å². The first-order valence-electron chi connectivity index (χ1n) is 17.1. The van der Waals surface area contributed by atoms with Crippen LogP contribution in [0, 0.1) is 27.7 Å². The second-order valence-corrected chi connectivity index (χ2v) is 15.6. The number of hydrogen-bond acceptors (Lipinski definition) is 6. The highest BCUT2D eigenvalue weighted by Gasteiger charge is 2.46. The molecule has 0 saturated heterocycles. The quantitative estimate of drug-likeness (QED) is 0.174. The van der Waals surface area contributed by atoms with Gasteiger partial charge in [-0.05, 0) is 97.5 Å². The van der Waals surface area contributed by atoms with E-state index in [0.717, 1.165) is 55.0 Å². The normalized spacial score (nSPS) is 12.9. The molecule has 0 amide bonds. The molecule has 4 aromatic heterocycles. The molecule has 0 unspecified atom stereocenters. The summed E-state index contributed by atoms with van der Waals surface area (Å²) in [6.45, 7) is 8.24. The average Bonchev–Trinajstić information content (AvgIpc) is 3.80. The van der Waals surface area contributed by atoms with Crippen LogP contribution < -0.4 is 0 Å². The molecular weight excluding hydrogens is 661 g/mol. The van der Waals surface area contributed by atoms with E-state index < -0.39 is 5.41 Å². The van der Waals surface area contributed by atoms with Gasteiger partial charge in [0.2, 0.25) is 0 Å². The Morgan fingerprint density at radius 1 is 0.451 bits per heavy atom. The van der Waals surface area contributed by atoms with Crippen molar-refractivity contribution in [3.63, 3.8) is 0 Å². The van der Waals surface area contributed by atoms with E-state index in [1.807, 2.05) is 12.4 Å². The minimum absolute atomic E-state index is 0.548. The van der Waals surface area contributed by atoms with Crippen LogP contribution in [0.15, 0.2) is 134 Å². The van der Waals surface area contributed by atoms with Crippen molar-refractivity contribution in [2.24, 2.45) is 0 Å². The molecule has 1 aliphatic carbocycles. The third-order valence-corrected chi connectivity index (χ3v) is 12.2. The lowest BCUT2D eigenvalue weighted by atomic mass is 9.67. The van der Waals surface area contributed by atoms with E-state index in [9.17, 15) is 0 Å². The molecule has 4 heterocycles. The lowest BCUT2D eigenvalue weighted by molar-refractivity contribution is 0.769. The van der Waals surface area contributed by atoms with E-state index >= 15 is 0 Å². The van der Waals surface area contributed by atoms with Crippen molar-refractivity contribution in [2.75, 3.05) is 0 Å². The summed E-state index contributed by atoms with van der Waals surface area (Å²) in [5.41, 5.74) is 15.3. The maximum Gasteiger partial charge on any atom is 0.0903 e. The van der Waals surface area contributed by atoms with Gasteiger partial charge < -0.3 is 0 Å². The van der Waals surface area contributed by atoms with Crippen LogP contribution in [0.5, 0.6) is 0 Å². The molecule has 9 rings (SSSR count). The zero-order valence-electron chi connectivity index (χ0n) is 28.8. The van der Waals surface area contributed by atoms with Crippen molar-refractivity contribution in [2.45, 2.75) is 33.1 Å². The Balaban J connectivity index is 1.21. The smallest absolute Gasteiger partial charge is 0.0903 e. The van der Waals surface area contributed by atoms with Gasteiger partial charge in [0, 0.05) is 34.6 Å². The predicted octanol–water partition coefficient (Wildman–Crippen LogP) is 11.7. The third kappa shape index (κ3) is 5.17. The molecule has 0 spiro atoms. The number of hydrogen-bond donors (Lipinski definition) is 0. The van der Waals surface area contributed by atoms with Gasteiger partial charge in [-0.15, -0.1) is 22.7 Å². The van der Waals surface area contributed by atoms with Crippen molar-refractivity contribution >= 4 is 22.7 Å².